The van der Waals surface area contributed by atoms with Crippen LogP contribution in [-0.2, 0) is 4.79 Å². The maximum atomic E-state index is 12.4. The third-order valence-electron chi connectivity index (χ3n) is 4.22. The van der Waals surface area contributed by atoms with Gasteiger partial charge in [-0.1, -0.05) is 23.7 Å². The Bertz CT molecular complexity index is 859. The fourth-order valence-electron chi connectivity index (χ4n) is 2.82. The second-order valence-electron chi connectivity index (χ2n) is 6.01. The number of hydrogen-bond acceptors (Lipinski definition) is 4. The first kappa shape index (κ1) is 18.2. The van der Waals surface area contributed by atoms with Gasteiger partial charge in [0.05, 0.1) is 17.3 Å². The van der Waals surface area contributed by atoms with E-state index in [2.05, 4.69) is 10.3 Å². The third-order valence-corrected chi connectivity index (χ3v) is 4.55. The van der Waals surface area contributed by atoms with E-state index in [-0.39, 0.29) is 29.5 Å². The molecule has 1 aromatic heterocycles. The van der Waals surface area contributed by atoms with E-state index in [0.717, 1.165) is 0 Å². The van der Waals surface area contributed by atoms with Gasteiger partial charge in [-0.3, -0.25) is 19.3 Å². The Hall–Kier alpha value is -2.64. The first-order chi connectivity index (χ1) is 12.5. The number of rotatable bonds is 4. The molecule has 26 heavy (non-hydrogen) atoms. The summed E-state index contributed by atoms with van der Waals surface area (Å²) in [6, 6.07) is 10.2. The highest BCUT2D eigenvalue weighted by Crippen LogP contribution is 2.20. The molecule has 1 saturated heterocycles. The quantitative estimate of drug-likeness (QED) is 0.847. The molecule has 1 aromatic carbocycles. The molecule has 2 aromatic rings. The number of benzene rings is 1. The molecule has 2 heterocycles. The second-order valence-corrected chi connectivity index (χ2v) is 6.42. The number of aromatic nitrogens is 1. The fraction of sp³-hybridized carbons (Fsp3) is 0.278. The van der Waals surface area contributed by atoms with Gasteiger partial charge >= 0.3 is 0 Å². The zero-order valence-electron chi connectivity index (χ0n) is 14.1. The number of nitrogens with zero attached hydrogens (tertiary/aromatic N) is 2. The average Bonchev–Trinajstić information content (AvgIpc) is 2.64. The van der Waals surface area contributed by atoms with Crippen LogP contribution in [0.2, 0.25) is 5.02 Å². The molecule has 0 aliphatic carbocycles. The van der Waals surface area contributed by atoms with Crippen LogP contribution in [0.25, 0.3) is 0 Å². The normalized spacial score (nSPS) is 14.9. The van der Waals surface area contributed by atoms with Crippen LogP contribution in [0, 0.1) is 0 Å². The Morgan fingerprint density at radius 1 is 1.08 bits per heavy atom. The maximum Gasteiger partial charge on any atom is 0.260 e. The smallest absolute Gasteiger partial charge is 0.260 e. The summed E-state index contributed by atoms with van der Waals surface area (Å²) in [6.07, 6.45) is 1.49. The Balaban J connectivity index is 1.52. The molecular weight excluding hydrogens is 356 g/mol. The molecule has 7 nitrogen and oxygen atoms in total. The van der Waals surface area contributed by atoms with Crippen molar-refractivity contribution in [1.82, 2.24) is 14.8 Å². The van der Waals surface area contributed by atoms with E-state index in [0.29, 0.717) is 36.9 Å². The van der Waals surface area contributed by atoms with E-state index in [1.165, 1.54) is 12.3 Å². The van der Waals surface area contributed by atoms with Gasteiger partial charge in [0.2, 0.25) is 5.91 Å². The van der Waals surface area contributed by atoms with Gasteiger partial charge in [-0.2, -0.15) is 0 Å². The molecule has 0 saturated carbocycles. The van der Waals surface area contributed by atoms with Gasteiger partial charge < -0.3 is 15.2 Å². The molecular formula is C18H19ClN4O3. The van der Waals surface area contributed by atoms with E-state index >= 15 is 0 Å². The second kappa shape index (κ2) is 8.16. The van der Waals surface area contributed by atoms with Crippen molar-refractivity contribution in [2.75, 3.05) is 38.0 Å². The Kier molecular flexibility index (Phi) is 5.70. The van der Waals surface area contributed by atoms with Crippen LogP contribution >= 0.6 is 11.6 Å². The predicted octanol–water partition coefficient (Wildman–Crippen LogP) is 1.42. The Labute approximate surface area is 155 Å². The SMILES string of the molecule is O=C(CN1CCN(C(=O)c2ccc[nH]c2=O)CC1)Nc1ccccc1Cl. The zero-order valence-corrected chi connectivity index (χ0v) is 14.8. The molecule has 0 unspecified atom stereocenters. The van der Waals surface area contributed by atoms with Crippen molar-refractivity contribution in [3.05, 3.63) is 63.5 Å². The molecule has 2 N–H and O–H groups in total. The van der Waals surface area contributed by atoms with Gasteiger partial charge in [0, 0.05) is 32.4 Å². The van der Waals surface area contributed by atoms with Crippen LogP contribution in [0.15, 0.2) is 47.4 Å². The summed E-state index contributed by atoms with van der Waals surface area (Å²) in [4.78, 5) is 42.4. The molecule has 1 fully saturated rings. The van der Waals surface area contributed by atoms with Crippen LogP contribution in [0.4, 0.5) is 5.69 Å². The van der Waals surface area contributed by atoms with Crippen molar-refractivity contribution in [1.29, 1.82) is 0 Å². The summed E-state index contributed by atoms with van der Waals surface area (Å²) >= 11 is 6.04. The lowest BCUT2D eigenvalue weighted by Gasteiger charge is -2.34. The van der Waals surface area contributed by atoms with Gasteiger partial charge in [-0.25, -0.2) is 0 Å². The zero-order chi connectivity index (χ0) is 18.5. The largest absolute Gasteiger partial charge is 0.336 e. The minimum atomic E-state index is -0.390. The summed E-state index contributed by atoms with van der Waals surface area (Å²) in [6.45, 7) is 2.27. The number of halogens is 1. The number of amides is 2. The highest BCUT2D eigenvalue weighted by atomic mass is 35.5. The number of para-hydroxylation sites is 1. The number of carbonyl (C=O) groups excluding carboxylic acids is 2. The Morgan fingerprint density at radius 3 is 2.50 bits per heavy atom. The molecule has 136 valence electrons. The number of piperazine rings is 1. The van der Waals surface area contributed by atoms with Crippen molar-refractivity contribution >= 4 is 29.1 Å². The first-order valence-corrected chi connectivity index (χ1v) is 8.66. The van der Waals surface area contributed by atoms with E-state index in [4.69, 9.17) is 11.6 Å². The molecule has 0 radical (unpaired) electrons. The minimum absolute atomic E-state index is 0.136. The molecule has 2 amide bonds. The summed E-state index contributed by atoms with van der Waals surface area (Å²) in [5.41, 5.74) is 0.327. The summed E-state index contributed by atoms with van der Waals surface area (Å²) in [5, 5.41) is 3.28. The number of aromatic amines is 1. The number of pyridine rings is 1. The first-order valence-electron chi connectivity index (χ1n) is 8.28. The minimum Gasteiger partial charge on any atom is -0.336 e. The monoisotopic (exact) mass is 374 g/mol. The van der Waals surface area contributed by atoms with Crippen LogP contribution in [0.1, 0.15) is 10.4 Å². The van der Waals surface area contributed by atoms with Crippen molar-refractivity contribution in [3.8, 4) is 0 Å². The van der Waals surface area contributed by atoms with Crippen molar-refractivity contribution in [2.45, 2.75) is 0 Å². The van der Waals surface area contributed by atoms with Crippen LogP contribution in [0.5, 0.6) is 0 Å². The Morgan fingerprint density at radius 2 is 1.81 bits per heavy atom. The molecule has 0 atom stereocenters. The average molecular weight is 375 g/mol. The van der Waals surface area contributed by atoms with Crippen molar-refractivity contribution in [2.24, 2.45) is 0 Å². The van der Waals surface area contributed by atoms with Gasteiger partial charge in [0.1, 0.15) is 5.56 Å². The third kappa shape index (κ3) is 4.30. The molecule has 3 rings (SSSR count). The fourth-order valence-corrected chi connectivity index (χ4v) is 3.01. The highest BCUT2D eigenvalue weighted by Gasteiger charge is 2.24. The maximum absolute atomic E-state index is 12.4. The van der Waals surface area contributed by atoms with Crippen LogP contribution in [-0.4, -0.2) is 59.3 Å². The summed E-state index contributed by atoms with van der Waals surface area (Å²) < 4.78 is 0. The van der Waals surface area contributed by atoms with E-state index in [1.807, 2.05) is 4.90 Å². The van der Waals surface area contributed by atoms with Gasteiger partial charge in [0.15, 0.2) is 0 Å². The topological polar surface area (TPSA) is 85.5 Å². The van der Waals surface area contributed by atoms with Gasteiger partial charge in [-0.05, 0) is 24.3 Å². The van der Waals surface area contributed by atoms with Crippen molar-refractivity contribution < 1.29 is 9.59 Å². The molecule has 1 aliphatic heterocycles. The molecule has 0 bridgehead atoms. The number of carbonyl (C=O) groups is 2. The number of anilines is 1. The van der Waals surface area contributed by atoms with Crippen molar-refractivity contribution in [3.63, 3.8) is 0 Å². The standard InChI is InChI=1S/C18H19ClN4O3/c19-14-5-1-2-6-15(14)21-16(24)12-22-8-10-23(11-9-22)18(26)13-4-3-7-20-17(13)25/h1-7H,8-12H2,(H,20,25)(H,21,24). The van der Waals surface area contributed by atoms with E-state index < -0.39 is 0 Å². The van der Waals surface area contributed by atoms with E-state index in [1.54, 1.807) is 35.2 Å². The summed E-state index contributed by atoms with van der Waals surface area (Å²) in [5.74, 6) is -0.440. The summed E-state index contributed by atoms with van der Waals surface area (Å²) in [7, 11) is 0. The van der Waals surface area contributed by atoms with Crippen LogP contribution < -0.4 is 10.9 Å². The number of nitrogens with one attached hydrogen (secondary N) is 2. The lowest BCUT2D eigenvalue weighted by atomic mass is 10.2. The molecule has 8 heteroatoms. The lowest BCUT2D eigenvalue weighted by molar-refractivity contribution is -0.117. The van der Waals surface area contributed by atoms with Gasteiger partial charge in [-0.15, -0.1) is 0 Å². The van der Waals surface area contributed by atoms with Gasteiger partial charge in [0.25, 0.3) is 11.5 Å². The highest BCUT2D eigenvalue weighted by molar-refractivity contribution is 6.33. The van der Waals surface area contributed by atoms with E-state index in [9.17, 15) is 14.4 Å². The van der Waals surface area contributed by atoms with Crippen LogP contribution in [0.3, 0.4) is 0 Å². The molecule has 1 aliphatic rings. The lowest BCUT2D eigenvalue weighted by Crippen LogP contribution is -2.51. The molecule has 0 spiro atoms. The number of hydrogen-bond donors (Lipinski definition) is 2. The number of H-pyrrole nitrogens is 1. The predicted molar refractivity (Wildman–Crippen MR) is 99.5 cm³/mol.